The van der Waals surface area contributed by atoms with Gasteiger partial charge in [-0.3, -0.25) is 0 Å². The highest BCUT2D eigenvalue weighted by molar-refractivity contribution is 5.93. The van der Waals surface area contributed by atoms with Gasteiger partial charge in [0.15, 0.2) is 0 Å². The van der Waals surface area contributed by atoms with Crippen LogP contribution in [0.15, 0.2) is 54.9 Å². The third-order valence-corrected chi connectivity index (χ3v) is 4.29. The van der Waals surface area contributed by atoms with Crippen molar-refractivity contribution in [3.63, 3.8) is 0 Å². The van der Waals surface area contributed by atoms with E-state index in [4.69, 9.17) is 4.74 Å². The number of rotatable bonds is 4. The van der Waals surface area contributed by atoms with Crippen molar-refractivity contribution >= 4 is 22.5 Å². The van der Waals surface area contributed by atoms with Crippen molar-refractivity contribution in [2.45, 2.75) is 13.8 Å². The van der Waals surface area contributed by atoms with Gasteiger partial charge < -0.3 is 15.0 Å². The molecule has 4 rings (SSSR count). The fourth-order valence-corrected chi connectivity index (χ4v) is 3.17. The molecule has 0 radical (unpaired) electrons. The summed E-state index contributed by atoms with van der Waals surface area (Å²) in [5.74, 6) is 1.60. The Labute approximate surface area is 152 Å². The van der Waals surface area contributed by atoms with E-state index in [0.717, 1.165) is 39.5 Å². The van der Waals surface area contributed by atoms with Crippen LogP contribution in [0.4, 0.5) is 11.5 Å². The number of anilines is 2. The number of H-pyrrole nitrogens is 1. The molecule has 0 aliphatic rings. The second-order valence-electron chi connectivity index (χ2n) is 6.40. The van der Waals surface area contributed by atoms with Crippen LogP contribution in [0.5, 0.6) is 5.75 Å². The van der Waals surface area contributed by atoms with Gasteiger partial charge in [-0.15, -0.1) is 0 Å². The quantitative estimate of drug-likeness (QED) is 0.547. The number of methoxy groups -OCH3 is 1. The van der Waals surface area contributed by atoms with Gasteiger partial charge in [0, 0.05) is 16.9 Å². The average molecular weight is 344 g/mol. The first-order valence-corrected chi connectivity index (χ1v) is 8.46. The van der Waals surface area contributed by atoms with Crippen LogP contribution in [0, 0.1) is 13.8 Å². The summed E-state index contributed by atoms with van der Waals surface area (Å²) in [5.41, 5.74) is 6.26. The lowest BCUT2D eigenvalue weighted by Gasteiger charge is -2.08. The number of nitrogens with zero attached hydrogens (tertiary/aromatic N) is 2. The summed E-state index contributed by atoms with van der Waals surface area (Å²) in [6, 6.07) is 16.4. The van der Waals surface area contributed by atoms with E-state index in [1.807, 2.05) is 24.3 Å². The Hall–Kier alpha value is -3.34. The number of aryl methyl sites for hydroxylation is 2. The fourth-order valence-electron chi connectivity index (χ4n) is 3.17. The molecule has 0 atom stereocenters. The highest BCUT2D eigenvalue weighted by Gasteiger charge is 2.10. The maximum Gasteiger partial charge on any atom is 0.143 e. The van der Waals surface area contributed by atoms with Crippen molar-refractivity contribution in [3.05, 3.63) is 66.0 Å². The van der Waals surface area contributed by atoms with Gasteiger partial charge in [0.05, 0.1) is 12.5 Å². The molecule has 0 aliphatic carbocycles. The Bertz CT molecular complexity index is 1060. The second kappa shape index (κ2) is 6.52. The molecular formula is C21H20N4O. The Morgan fingerprint density at radius 1 is 0.962 bits per heavy atom. The Kier molecular flexibility index (Phi) is 4.05. The zero-order chi connectivity index (χ0) is 18.1. The molecule has 0 amide bonds. The average Bonchev–Trinajstić information content (AvgIpc) is 3.06. The first-order valence-electron chi connectivity index (χ1n) is 8.46. The van der Waals surface area contributed by atoms with E-state index in [1.165, 1.54) is 11.1 Å². The standard InChI is InChI=1S/C21H20N4O/c1-13-7-14(2)9-16(8-13)24-20-18-11-19(25-21(18)23-12-22-20)15-5-4-6-17(10-15)26-3/h4-12H,1-3H3,(H2,22,23,24,25). The van der Waals surface area contributed by atoms with Crippen LogP contribution in [0.1, 0.15) is 11.1 Å². The number of ether oxygens (including phenoxy) is 1. The summed E-state index contributed by atoms with van der Waals surface area (Å²) < 4.78 is 5.32. The summed E-state index contributed by atoms with van der Waals surface area (Å²) in [6.45, 7) is 4.18. The molecular weight excluding hydrogens is 324 g/mol. The van der Waals surface area contributed by atoms with Crippen molar-refractivity contribution in [1.82, 2.24) is 15.0 Å². The van der Waals surface area contributed by atoms with E-state index in [0.29, 0.717) is 0 Å². The zero-order valence-electron chi connectivity index (χ0n) is 15.0. The molecule has 0 unspecified atom stereocenters. The Morgan fingerprint density at radius 3 is 2.54 bits per heavy atom. The molecule has 0 saturated heterocycles. The van der Waals surface area contributed by atoms with E-state index < -0.39 is 0 Å². The van der Waals surface area contributed by atoms with Gasteiger partial charge in [0.2, 0.25) is 0 Å². The predicted molar refractivity (Wildman–Crippen MR) is 105 cm³/mol. The third kappa shape index (κ3) is 3.11. The summed E-state index contributed by atoms with van der Waals surface area (Å²) in [5, 5.41) is 4.37. The van der Waals surface area contributed by atoms with Crippen molar-refractivity contribution in [2.75, 3.05) is 12.4 Å². The lowest BCUT2D eigenvalue weighted by molar-refractivity contribution is 0.415. The number of hydrogen-bond donors (Lipinski definition) is 2. The van der Waals surface area contributed by atoms with E-state index in [-0.39, 0.29) is 0 Å². The highest BCUT2D eigenvalue weighted by atomic mass is 16.5. The van der Waals surface area contributed by atoms with Gasteiger partial charge in [0.1, 0.15) is 23.5 Å². The number of hydrogen-bond acceptors (Lipinski definition) is 4. The molecule has 5 heteroatoms. The third-order valence-electron chi connectivity index (χ3n) is 4.29. The first kappa shape index (κ1) is 16.1. The minimum atomic E-state index is 0.783. The zero-order valence-corrected chi connectivity index (χ0v) is 15.0. The second-order valence-corrected chi connectivity index (χ2v) is 6.40. The first-order chi connectivity index (χ1) is 12.6. The number of fused-ring (bicyclic) bond motifs is 1. The van der Waals surface area contributed by atoms with E-state index in [2.05, 4.69) is 58.4 Å². The van der Waals surface area contributed by atoms with Gasteiger partial charge in [-0.25, -0.2) is 9.97 Å². The smallest absolute Gasteiger partial charge is 0.143 e. The van der Waals surface area contributed by atoms with Crippen molar-refractivity contribution < 1.29 is 4.74 Å². The fraction of sp³-hybridized carbons (Fsp3) is 0.143. The molecule has 130 valence electrons. The van der Waals surface area contributed by atoms with Gasteiger partial charge in [-0.1, -0.05) is 18.2 Å². The summed E-state index contributed by atoms with van der Waals surface area (Å²) in [4.78, 5) is 12.2. The molecule has 0 spiro atoms. The largest absolute Gasteiger partial charge is 0.497 e. The predicted octanol–water partition coefficient (Wildman–Crippen LogP) is 4.99. The molecule has 2 N–H and O–H groups in total. The molecule has 2 aromatic heterocycles. The van der Waals surface area contributed by atoms with E-state index in [1.54, 1.807) is 13.4 Å². The van der Waals surface area contributed by atoms with Crippen LogP contribution >= 0.6 is 0 Å². The lowest BCUT2D eigenvalue weighted by Crippen LogP contribution is -1.96. The van der Waals surface area contributed by atoms with Gasteiger partial charge >= 0.3 is 0 Å². The molecule has 2 aromatic carbocycles. The number of benzene rings is 2. The molecule has 0 fully saturated rings. The van der Waals surface area contributed by atoms with Crippen molar-refractivity contribution in [3.8, 4) is 17.0 Å². The number of aromatic amines is 1. The van der Waals surface area contributed by atoms with E-state index >= 15 is 0 Å². The monoisotopic (exact) mass is 344 g/mol. The normalized spacial score (nSPS) is 10.9. The van der Waals surface area contributed by atoms with Gasteiger partial charge in [-0.2, -0.15) is 0 Å². The molecule has 2 heterocycles. The van der Waals surface area contributed by atoms with E-state index in [9.17, 15) is 0 Å². The van der Waals surface area contributed by atoms with Crippen LogP contribution in [-0.4, -0.2) is 22.1 Å². The van der Waals surface area contributed by atoms with Crippen molar-refractivity contribution in [1.29, 1.82) is 0 Å². The SMILES string of the molecule is COc1cccc(-c2cc3c(Nc4cc(C)cc(C)c4)ncnc3[nH]2)c1. The molecule has 5 nitrogen and oxygen atoms in total. The van der Waals surface area contributed by atoms with Crippen LogP contribution in [-0.2, 0) is 0 Å². The van der Waals surface area contributed by atoms with Gasteiger partial charge in [0.25, 0.3) is 0 Å². The lowest BCUT2D eigenvalue weighted by atomic mass is 10.1. The molecule has 4 aromatic rings. The molecule has 0 saturated carbocycles. The van der Waals surface area contributed by atoms with Crippen LogP contribution in [0.25, 0.3) is 22.3 Å². The Balaban J connectivity index is 1.76. The topological polar surface area (TPSA) is 62.8 Å². The van der Waals surface area contributed by atoms with Crippen LogP contribution < -0.4 is 10.1 Å². The Morgan fingerprint density at radius 2 is 1.77 bits per heavy atom. The maximum absolute atomic E-state index is 5.32. The maximum atomic E-state index is 5.32. The summed E-state index contributed by atoms with van der Waals surface area (Å²) >= 11 is 0. The summed E-state index contributed by atoms with van der Waals surface area (Å²) in [6.07, 6.45) is 1.57. The van der Waals surface area contributed by atoms with Gasteiger partial charge in [-0.05, 0) is 55.3 Å². The number of nitrogens with one attached hydrogen (secondary N) is 2. The van der Waals surface area contributed by atoms with Crippen LogP contribution in [0.3, 0.4) is 0 Å². The molecule has 26 heavy (non-hydrogen) atoms. The minimum absolute atomic E-state index is 0.783. The number of aromatic nitrogens is 3. The summed E-state index contributed by atoms with van der Waals surface area (Å²) in [7, 11) is 1.67. The van der Waals surface area contributed by atoms with Crippen LogP contribution in [0.2, 0.25) is 0 Å². The molecule has 0 bridgehead atoms. The van der Waals surface area contributed by atoms with Crippen molar-refractivity contribution in [2.24, 2.45) is 0 Å². The highest BCUT2D eigenvalue weighted by Crippen LogP contribution is 2.30. The molecule has 0 aliphatic heterocycles. The minimum Gasteiger partial charge on any atom is -0.497 e.